The van der Waals surface area contributed by atoms with Gasteiger partial charge in [0.1, 0.15) is 10.8 Å². The first-order valence-electron chi connectivity index (χ1n) is 6.09. The molecule has 0 radical (unpaired) electrons. The smallest absolute Gasteiger partial charge is 0.228 e. The molecule has 21 heavy (non-hydrogen) atoms. The molecule has 2 heterocycles. The van der Waals surface area contributed by atoms with Crippen LogP contribution in [0.2, 0.25) is 0 Å². The molecule has 1 aliphatic heterocycles. The van der Waals surface area contributed by atoms with Crippen LogP contribution in [0, 0.1) is 0 Å². The van der Waals surface area contributed by atoms with E-state index < -0.39 is 15.3 Å². The zero-order valence-electron chi connectivity index (χ0n) is 10.7. The number of carbonyl (C=O) groups is 1. The van der Waals surface area contributed by atoms with Crippen LogP contribution in [0.5, 0.6) is 0 Å². The standard InChI is InChI=1S/C12H11BrN4O3S/c13-11-9(2-1-8-12(11)16-4-3-15-8)17-6-7(5-10(17)18)21(14,19)20/h1-4,7H,5-6H2,(H2,14,19,20). The van der Waals surface area contributed by atoms with E-state index in [2.05, 4.69) is 25.9 Å². The summed E-state index contributed by atoms with van der Waals surface area (Å²) in [5, 5.41) is 4.25. The molecular weight excluding hydrogens is 360 g/mol. The normalized spacial score (nSPS) is 19.4. The van der Waals surface area contributed by atoms with Gasteiger partial charge in [-0.15, -0.1) is 0 Å². The van der Waals surface area contributed by atoms with E-state index in [1.165, 1.54) is 4.90 Å². The Bertz CT molecular complexity index is 840. The number of primary sulfonamides is 1. The molecule has 0 bridgehead atoms. The second-order valence-electron chi connectivity index (χ2n) is 4.74. The van der Waals surface area contributed by atoms with Gasteiger partial charge in [-0.25, -0.2) is 13.6 Å². The summed E-state index contributed by atoms with van der Waals surface area (Å²) in [4.78, 5) is 21.9. The highest BCUT2D eigenvalue weighted by Crippen LogP contribution is 2.34. The number of sulfonamides is 1. The predicted octanol–water partition coefficient (Wildman–Crippen LogP) is 0.786. The molecule has 1 fully saturated rings. The van der Waals surface area contributed by atoms with Crippen LogP contribution < -0.4 is 10.0 Å². The third-order valence-corrected chi connectivity index (χ3v) is 5.43. The number of benzene rings is 1. The Labute approximate surface area is 129 Å². The topological polar surface area (TPSA) is 106 Å². The highest BCUT2D eigenvalue weighted by Gasteiger charge is 2.38. The van der Waals surface area contributed by atoms with E-state index in [-0.39, 0.29) is 18.9 Å². The first-order valence-corrected chi connectivity index (χ1v) is 8.49. The van der Waals surface area contributed by atoms with Gasteiger partial charge in [-0.3, -0.25) is 14.8 Å². The number of carbonyl (C=O) groups excluding carboxylic acids is 1. The van der Waals surface area contributed by atoms with Crippen molar-refractivity contribution in [3.8, 4) is 0 Å². The molecule has 1 aromatic heterocycles. The quantitative estimate of drug-likeness (QED) is 0.840. The maximum Gasteiger partial charge on any atom is 0.228 e. The lowest BCUT2D eigenvalue weighted by molar-refractivity contribution is -0.117. The first-order chi connectivity index (χ1) is 9.88. The van der Waals surface area contributed by atoms with Crippen LogP contribution in [0.25, 0.3) is 11.0 Å². The van der Waals surface area contributed by atoms with Crippen LogP contribution in [0.3, 0.4) is 0 Å². The van der Waals surface area contributed by atoms with Gasteiger partial charge in [-0.05, 0) is 28.1 Å². The Hall–Kier alpha value is -1.58. The van der Waals surface area contributed by atoms with Crippen molar-refractivity contribution >= 4 is 48.6 Å². The molecule has 2 aromatic rings. The second-order valence-corrected chi connectivity index (χ2v) is 7.38. The molecule has 110 valence electrons. The molecule has 1 aliphatic rings. The number of anilines is 1. The molecule has 9 heteroatoms. The lowest BCUT2D eigenvalue weighted by Crippen LogP contribution is -2.32. The molecular formula is C12H11BrN4O3S. The summed E-state index contributed by atoms with van der Waals surface area (Å²) in [6, 6.07) is 3.45. The monoisotopic (exact) mass is 370 g/mol. The predicted molar refractivity (Wildman–Crippen MR) is 81.1 cm³/mol. The maximum atomic E-state index is 12.1. The summed E-state index contributed by atoms with van der Waals surface area (Å²) in [5.74, 6) is -0.280. The van der Waals surface area contributed by atoms with Crippen LogP contribution in [0.1, 0.15) is 6.42 Å². The van der Waals surface area contributed by atoms with Crippen molar-refractivity contribution in [2.24, 2.45) is 5.14 Å². The minimum absolute atomic E-state index is 0.0437. The van der Waals surface area contributed by atoms with E-state index in [0.717, 1.165) is 0 Å². The van der Waals surface area contributed by atoms with Crippen molar-refractivity contribution in [2.75, 3.05) is 11.4 Å². The van der Waals surface area contributed by atoms with Crippen molar-refractivity contribution in [3.05, 3.63) is 29.0 Å². The van der Waals surface area contributed by atoms with Gasteiger partial charge in [0.15, 0.2) is 0 Å². The number of nitrogens with two attached hydrogens (primary N) is 1. The van der Waals surface area contributed by atoms with Crippen molar-refractivity contribution in [3.63, 3.8) is 0 Å². The molecule has 7 nitrogen and oxygen atoms in total. The number of halogens is 1. The van der Waals surface area contributed by atoms with Gasteiger partial charge in [-0.1, -0.05) is 0 Å². The number of rotatable bonds is 2. The van der Waals surface area contributed by atoms with Gasteiger partial charge >= 0.3 is 0 Å². The number of hydrogen-bond acceptors (Lipinski definition) is 5. The largest absolute Gasteiger partial charge is 0.310 e. The summed E-state index contributed by atoms with van der Waals surface area (Å²) in [5.41, 5.74) is 1.86. The second kappa shape index (κ2) is 5.00. The lowest BCUT2D eigenvalue weighted by Gasteiger charge is -2.18. The van der Waals surface area contributed by atoms with Crippen molar-refractivity contribution in [2.45, 2.75) is 11.7 Å². The Morgan fingerprint density at radius 1 is 1.29 bits per heavy atom. The number of hydrogen-bond donors (Lipinski definition) is 1. The molecule has 0 aliphatic carbocycles. The van der Waals surface area contributed by atoms with E-state index in [1.807, 2.05) is 0 Å². The van der Waals surface area contributed by atoms with Gasteiger partial charge in [0.2, 0.25) is 15.9 Å². The number of fused-ring (bicyclic) bond motifs is 1. The van der Waals surface area contributed by atoms with Gasteiger partial charge < -0.3 is 4.90 Å². The Kier molecular flexibility index (Phi) is 3.42. The molecule has 1 amide bonds. The van der Waals surface area contributed by atoms with Crippen LogP contribution in [0.15, 0.2) is 29.0 Å². The fraction of sp³-hybridized carbons (Fsp3) is 0.250. The molecule has 3 rings (SSSR count). The zero-order valence-corrected chi connectivity index (χ0v) is 13.1. The highest BCUT2D eigenvalue weighted by molar-refractivity contribution is 9.10. The number of aromatic nitrogens is 2. The summed E-state index contributed by atoms with van der Waals surface area (Å²) in [7, 11) is -3.74. The van der Waals surface area contributed by atoms with Crippen molar-refractivity contribution in [1.29, 1.82) is 0 Å². The molecule has 0 saturated carbocycles. The highest BCUT2D eigenvalue weighted by atomic mass is 79.9. The molecule has 1 atom stereocenters. The van der Waals surface area contributed by atoms with E-state index in [4.69, 9.17) is 5.14 Å². The van der Waals surface area contributed by atoms with E-state index >= 15 is 0 Å². The molecule has 1 aromatic carbocycles. The molecule has 1 unspecified atom stereocenters. The Morgan fingerprint density at radius 2 is 2.00 bits per heavy atom. The summed E-state index contributed by atoms with van der Waals surface area (Å²) in [6.45, 7) is 0.0437. The lowest BCUT2D eigenvalue weighted by atomic mass is 10.2. The van der Waals surface area contributed by atoms with Crippen LogP contribution in [0.4, 0.5) is 5.69 Å². The fourth-order valence-corrected chi connectivity index (χ4v) is 3.71. The summed E-state index contributed by atoms with van der Waals surface area (Å²) < 4.78 is 23.4. The average Bonchev–Trinajstić information content (AvgIpc) is 2.82. The average molecular weight is 371 g/mol. The number of amides is 1. The maximum absolute atomic E-state index is 12.1. The molecule has 0 spiro atoms. The van der Waals surface area contributed by atoms with E-state index in [9.17, 15) is 13.2 Å². The zero-order chi connectivity index (χ0) is 15.2. The van der Waals surface area contributed by atoms with Gasteiger partial charge in [0.25, 0.3) is 0 Å². The fourth-order valence-electron chi connectivity index (χ4n) is 2.33. The van der Waals surface area contributed by atoms with Crippen molar-refractivity contribution < 1.29 is 13.2 Å². The first kappa shape index (κ1) is 14.4. The Morgan fingerprint density at radius 3 is 2.67 bits per heavy atom. The van der Waals surface area contributed by atoms with E-state index in [0.29, 0.717) is 21.2 Å². The van der Waals surface area contributed by atoms with Gasteiger partial charge in [-0.2, -0.15) is 0 Å². The Balaban J connectivity index is 2.05. The van der Waals surface area contributed by atoms with E-state index in [1.54, 1.807) is 24.5 Å². The van der Waals surface area contributed by atoms with Crippen LogP contribution >= 0.6 is 15.9 Å². The third-order valence-electron chi connectivity index (χ3n) is 3.40. The SMILES string of the molecule is NS(=O)(=O)C1CC(=O)N(c2ccc3nccnc3c2Br)C1. The van der Waals surface area contributed by atoms with Gasteiger partial charge in [0, 0.05) is 25.4 Å². The minimum atomic E-state index is -3.74. The third kappa shape index (κ3) is 2.52. The summed E-state index contributed by atoms with van der Waals surface area (Å²) in [6.07, 6.45) is 3.02. The van der Waals surface area contributed by atoms with Gasteiger partial charge in [0.05, 0.1) is 15.7 Å². The van der Waals surface area contributed by atoms with Crippen LogP contribution in [-0.4, -0.2) is 36.1 Å². The minimum Gasteiger partial charge on any atom is -0.310 e. The van der Waals surface area contributed by atoms with Crippen LogP contribution in [-0.2, 0) is 14.8 Å². The molecule has 1 saturated heterocycles. The van der Waals surface area contributed by atoms with Crippen molar-refractivity contribution in [1.82, 2.24) is 9.97 Å². The molecule has 2 N–H and O–H groups in total. The number of nitrogens with zero attached hydrogens (tertiary/aromatic N) is 3. The summed E-state index contributed by atoms with van der Waals surface area (Å²) >= 11 is 3.41.